The van der Waals surface area contributed by atoms with Crippen molar-refractivity contribution in [3.05, 3.63) is 208 Å². The first-order valence-corrected chi connectivity index (χ1v) is 33.0. The number of nitrogens with zero attached hydrogens (tertiary/aromatic N) is 6. The second-order valence-electron chi connectivity index (χ2n) is 23.9. The summed E-state index contributed by atoms with van der Waals surface area (Å²) < 4.78 is 69.2. The molecule has 0 radical (unpaired) electrons. The van der Waals surface area contributed by atoms with Gasteiger partial charge in [0.2, 0.25) is 20.0 Å². The molecule has 1 fully saturated rings. The first kappa shape index (κ1) is 65.5. The highest BCUT2D eigenvalue weighted by Gasteiger charge is 2.52. The highest BCUT2D eigenvalue weighted by atomic mass is 127. The number of nitrogens with one attached hydrogen (secondary N) is 4. The van der Waals surface area contributed by atoms with Crippen LogP contribution in [0.1, 0.15) is 80.6 Å². The lowest BCUT2D eigenvalue weighted by atomic mass is 9.80. The van der Waals surface area contributed by atoms with Gasteiger partial charge in [-0.15, -0.1) is 0 Å². The van der Waals surface area contributed by atoms with Gasteiger partial charge in [-0.1, -0.05) is 132 Å². The fourth-order valence-electron chi connectivity index (χ4n) is 9.56. The standard InChI is InChI=1S/C30H28ClN5O2S.C21H15ClIN3.C15H25BN2O4S/c1-30(2,3)36-39(37,38)23-16-21(17-32-19-23)26-25-14-9-13-24(20-10-5-4-6-11-20)27(25)29(35-28(26)31)34-18-22-12-7-8-15-33-22;22-20-19(23)17-11-6-10-16(14-7-2-1-3-8-14)18(17)21(26-20)25-13-15-9-4-5-12-24-15;1-13(2,3)18-23(19,20)12-8-11(9-17-10-12)16-21-14(4,5)15(6,7)22-16/h4-17,19,36H,18H2,1-3H3,(H,34,35);1-12H,13H2,(H,25,26);8-10,18H,1-7H3. The average molecular weight is 1370 g/mol. The molecule has 4 aromatic carbocycles. The third-order valence-electron chi connectivity index (χ3n) is 14.2. The molecule has 0 saturated carbocycles. The van der Waals surface area contributed by atoms with Gasteiger partial charge in [0, 0.05) is 81.0 Å². The summed E-state index contributed by atoms with van der Waals surface area (Å²) in [4.78, 5) is 26.6. The number of anilines is 2. The SMILES string of the molecule is CC(C)(C)NS(=O)(=O)c1cncc(-c2c(Cl)nc(NCc3ccccn3)c3c(-c4ccccc4)cccc23)c1.CC(C)(C)NS(=O)(=O)c1cncc(B2OC(C)(C)C(C)(C)O2)c1.Clc1nc(NCc2ccccn2)c2c(-c3ccccc3)cccc2c1I. The number of hydrogen-bond donors (Lipinski definition) is 4. The van der Waals surface area contributed by atoms with E-state index in [1.807, 2.05) is 131 Å². The monoisotopic (exact) mass is 1370 g/mol. The summed E-state index contributed by atoms with van der Waals surface area (Å²) in [6, 6.07) is 47.3. The molecule has 1 aliphatic heterocycles. The van der Waals surface area contributed by atoms with Gasteiger partial charge in [-0.05, 0) is 156 Å². The van der Waals surface area contributed by atoms with Crippen molar-refractivity contribution in [2.45, 2.75) is 114 Å². The molecule has 11 rings (SSSR count). The van der Waals surface area contributed by atoms with Crippen LogP contribution in [0.15, 0.2) is 193 Å². The van der Waals surface area contributed by atoms with Crippen molar-refractivity contribution >= 4 is 112 Å². The molecule has 0 amide bonds. The topological polar surface area (TPSA) is 212 Å². The Balaban J connectivity index is 0.000000165. The minimum absolute atomic E-state index is 0.0516. The molecule has 454 valence electrons. The first-order chi connectivity index (χ1) is 41.6. The largest absolute Gasteiger partial charge is 0.496 e. The van der Waals surface area contributed by atoms with Gasteiger partial charge < -0.3 is 19.9 Å². The number of sulfonamides is 2. The highest BCUT2D eigenvalue weighted by molar-refractivity contribution is 14.1. The Morgan fingerprint density at radius 3 is 1.44 bits per heavy atom. The van der Waals surface area contributed by atoms with E-state index in [4.69, 9.17) is 37.5 Å². The minimum atomic E-state index is -3.81. The van der Waals surface area contributed by atoms with Crippen LogP contribution in [0.2, 0.25) is 10.3 Å². The van der Waals surface area contributed by atoms with E-state index in [1.165, 1.54) is 12.4 Å². The molecule has 22 heteroatoms. The van der Waals surface area contributed by atoms with Crippen LogP contribution < -0.4 is 25.5 Å². The molecule has 88 heavy (non-hydrogen) atoms. The van der Waals surface area contributed by atoms with E-state index in [9.17, 15) is 16.8 Å². The maximum atomic E-state index is 13.1. The van der Waals surface area contributed by atoms with Crippen LogP contribution in [0, 0.1) is 3.57 Å². The average Bonchev–Trinajstić information content (AvgIpc) is 1.02. The number of aromatic nitrogens is 6. The van der Waals surface area contributed by atoms with Gasteiger partial charge in [0.15, 0.2) is 0 Å². The lowest BCUT2D eigenvalue weighted by Crippen LogP contribution is -2.41. The predicted octanol–water partition coefficient (Wildman–Crippen LogP) is 14.3. The molecular formula is C66H68BCl2IN10O6S2. The second kappa shape index (κ2) is 27.0. The van der Waals surface area contributed by atoms with Gasteiger partial charge >= 0.3 is 7.12 Å². The number of pyridine rings is 6. The quantitative estimate of drug-likeness (QED) is 0.0453. The zero-order valence-corrected chi connectivity index (χ0v) is 55.7. The van der Waals surface area contributed by atoms with E-state index >= 15 is 0 Å². The fourth-order valence-corrected chi connectivity index (χ4v) is 13.4. The molecule has 0 spiro atoms. The summed E-state index contributed by atoms with van der Waals surface area (Å²) >= 11 is 15.5. The van der Waals surface area contributed by atoms with E-state index in [0.717, 1.165) is 64.6 Å². The summed E-state index contributed by atoms with van der Waals surface area (Å²) in [6.45, 7) is 19.6. The van der Waals surface area contributed by atoms with Crippen LogP contribution >= 0.6 is 45.8 Å². The summed E-state index contributed by atoms with van der Waals surface area (Å²) in [7, 11) is -8.10. The summed E-state index contributed by atoms with van der Waals surface area (Å²) in [5, 5.41) is 11.4. The highest BCUT2D eigenvalue weighted by Crippen LogP contribution is 2.43. The van der Waals surface area contributed by atoms with Crippen LogP contribution in [-0.4, -0.2) is 76.1 Å². The Bertz CT molecular complexity index is 4330. The molecule has 6 aromatic heterocycles. The molecule has 7 heterocycles. The normalized spacial score (nSPS) is 13.9. The zero-order chi connectivity index (χ0) is 63.2. The van der Waals surface area contributed by atoms with Crippen molar-refractivity contribution in [1.82, 2.24) is 39.3 Å². The van der Waals surface area contributed by atoms with Gasteiger partial charge in [0.05, 0.1) is 44.1 Å². The van der Waals surface area contributed by atoms with E-state index in [0.29, 0.717) is 40.7 Å². The number of rotatable bonds is 14. The van der Waals surface area contributed by atoms with E-state index < -0.39 is 49.4 Å². The van der Waals surface area contributed by atoms with E-state index in [1.54, 1.807) is 78.5 Å². The van der Waals surface area contributed by atoms with Crippen molar-refractivity contribution in [1.29, 1.82) is 0 Å². The van der Waals surface area contributed by atoms with Crippen molar-refractivity contribution in [2.75, 3.05) is 10.6 Å². The van der Waals surface area contributed by atoms with Crippen LogP contribution in [-0.2, 0) is 42.4 Å². The Kier molecular flexibility index (Phi) is 20.1. The third-order valence-corrected chi connectivity index (χ3v) is 19.6. The van der Waals surface area contributed by atoms with Gasteiger partial charge in [-0.2, -0.15) is 0 Å². The molecule has 0 unspecified atom stereocenters. The fraction of sp³-hybridized carbons (Fsp3) is 0.242. The number of fused-ring (bicyclic) bond motifs is 2. The number of hydrogen-bond acceptors (Lipinski definition) is 14. The van der Waals surface area contributed by atoms with Crippen molar-refractivity contribution < 1.29 is 26.1 Å². The lowest BCUT2D eigenvalue weighted by molar-refractivity contribution is 0.00578. The van der Waals surface area contributed by atoms with Crippen molar-refractivity contribution in [3.8, 4) is 33.4 Å². The van der Waals surface area contributed by atoms with E-state index in [-0.39, 0.29) is 14.9 Å². The van der Waals surface area contributed by atoms with Crippen LogP contribution in [0.25, 0.3) is 54.9 Å². The van der Waals surface area contributed by atoms with Gasteiger partial charge in [0.25, 0.3) is 0 Å². The molecule has 16 nitrogen and oxygen atoms in total. The third kappa shape index (κ3) is 15.9. The Morgan fingerprint density at radius 2 is 0.966 bits per heavy atom. The minimum Gasteiger partial charge on any atom is -0.399 e. The van der Waals surface area contributed by atoms with Crippen LogP contribution in [0.3, 0.4) is 0 Å². The summed E-state index contributed by atoms with van der Waals surface area (Å²) in [5.74, 6) is 1.38. The van der Waals surface area contributed by atoms with Gasteiger partial charge in [-0.3, -0.25) is 19.9 Å². The van der Waals surface area contributed by atoms with Crippen LogP contribution in [0.4, 0.5) is 11.6 Å². The molecule has 1 aliphatic rings. The number of halogens is 3. The molecule has 4 N–H and O–H groups in total. The van der Waals surface area contributed by atoms with E-state index in [2.05, 4.69) is 97.9 Å². The lowest BCUT2D eigenvalue weighted by Gasteiger charge is -2.32. The molecule has 0 aliphatic carbocycles. The Hall–Kier alpha value is -6.99. The molecule has 0 bridgehead atoms. The maximum absolute atomic E-state index is 13.1. The molecule has 10 aromatic rings. The van der Waals surface area contributed by atoms with Crippen molar-refractivity contribution in [2.24, 2.45) is 0 Å². The number of benzene rings is 4. The second-order valence-corrected chi connectivity index (χ2v) is 29.1. The summed E-state index contributed by atoms with van der Waals surface area (Å²) in [6.07, 6.45) is 9.37. The van der Waals surface area contributed by atoms with Gasteiger partial charge in [0.1, 0.15) is 26.8 Å². The Morgan fingerprint density at radius 1 is 0.523 bits per heavy atom. The summed E-state index contributed by atoms with van der Waals surface area (Å²) in [5.41, 5.74) is 5.62. The molecular weight excluding hydrogens is 1300 g/mol. The Labute approximate surface area is 539 Å². The smallest absolute Gasteiger partial charge is 0.399 e. The first-order valence-electron chi connectivity index (χ1n) is 28.2. The van der Waals surface area contributed by atoms with Crippen LogP contribution in [0.5, 0.6) is 0 Å². The van der Waals surface area contributed by atoms with Gasteiger partial charge in [-0.25, -0.2) is 36.2 Å². The molecule has 1 saturated heterocycles. The van der Waals surface area contributed by atoms with Crippen molar-refractivity contribution in [3.63, 3.8) is 0 Å². The maximum Gasteiger partial charge on any atom is 0.496 e. The zero-order valence-electron chi connectivity index (χ0n) is 50.4. The molecule has 0 atom stereocenters. The predicted molar refractivity (Wildman–Crippen MR) is 364 cm³/mol.